The minimum atomic E-state index is 1.05. The quantitative estimate of drug-likeness (QED) is 0.904. The van der Waals surface area contributed by atoms with Crippen molar-refractivity contribution in [3.05, 3.63) is 30.0 Å². The topological polar surface area (TPSA) is 31.4 Å². The lowest BCUT2D eigenvalue weighted by Crippen LogP contribution is -2.43. The van der Waals surface area contributed by atoms with E-state index in [1.54, 1.807) is 0 Å². The maximum atomic E-state index is 4.68. The van der Waals surface area contributed by atoms with E-state index in [0.717, 1.165) is 37.7 Å². The summed E-state index contributed by atoms with van der Waals surface area (Å²) in [4.78, 5) is 9.25. The standard InChI is InChI=1S/C16H22N4/c1-12-11-14-13(16(18-12)19(2)3)5-4-6-15(14)20-9-7-17-8-10-20/h4-6,11,17H,7-10H2,1-3H3. The summed E-state index contributed by atoms with van der Waals surface area (Å²) >= 11 is 0. The number of nitrogens with zero attached hydrogens (tertiary/aromatic N) is 3. The Morgan fingerprint density at radius 3 is 2.60 bits per heavy atom. The van der Waals surface area contributed by atoms with E-state index in [2.05, 4.69) is 65.4 Å². The van der Waals surface area contributed by atoms with Crippen molar-refractivity contribution in [1.29, 1.82) is 0 Å². The first-order chi connectivity index (χ1) is 9.66. The average Bonchev–Trinajstić information content (AvgIpc) is 2.46. The van der Waals surface area contributed by atoms with Gasteiger partial charge in [-0.25, -0.2) is 4.98 Å². The van der Waals surface area contributed by atoms with E-state index >= 15 is 0 Å². The lowest BCUT2D eigenvalue weighted by atomic mass is 10.1. The molecule has 4 heteroatoms. The van der Waals surface area contributed by atoms with Crippen molar-refractivity contribution in [2.75, 3.05) is 50.1 Å². The second kappa shape index (κ2) is 5.29. The van der Waals surface area contributed by atoms with Gasteiger partial charge >= 0.3 is 0 Å². The number of aromatic nitrogens is 1. The first kappa shape index (κ1) is 13.2. The van der Waals surface area contributed by atoms with Crippen LogP contribution in [0.4, 0.5) is 11.5 Å². The third kappa shape index (κ3) is 2.31. The average molecular weight is 270 g/mol. The number of rotatable bonds is 2. The largest absolute Gasteiger partial charge is 0.368 e. The molecule has 0 atom stereocenters. The van der Waals surface area contributed by atoms with Gasteiger partial charge in [0.1, 0.15) is 5.82 Å². The third-order valence-corrected chi connectivity index (χ3v) is 3.84. The number of pyridine rings is 1. The third-order valence-electron chi connectivity index (χ3n) is 3.84. The summed E-state index contributed by atoms with van der Waals surface area (Å²) in [6.45, 7) is 6.32. The molecule has 0 radical (unpaired) electrons. The second-order valence-corrected chi connectivity index (χ2v) is 5.59. The van der Waals surface area contributed by atoms with Gasteiger partial charge in [-0.3, -0.25) is 0 Å². The molecule has 1 N–H and O–H groups in total. The smallest absolute Gasteiger partial charge is 0.136 e. The predicted octanol–water partition coefficient (Wildman–Crippen LogP) is 2.02. The molecule has 3 rings (SSSR count). The van der Waals surface area contributed by atoms with Crippen LogP contribution in [0.25, 0.3) is 10.8 Å². The highest BCUT2D eigenvalue weighted by atomic mass is 15.2. The fourth-order valence-corrected chi connectivity index (χ4v) is 2.89. The van der Waals surface area contributed by atoms with Crippen molar-refractivity contribution in [2.24, 2.45) is 0 Å². The lowest BCUT2D eigenvalue weighted by molar-refractivity contribution is 0.590. The number of aryl methyl sites for hydroxylation is 1. The summed E-state index contributed by atoms with van der Waals surface area (Å²) in [5, 5.41) is 5.96. The van der Waals surface area contributed by atoms with E-state index < -0.39 is 0 Å². The predicted molar refractivity (Wildman–Crippen MR) is 85.9 cm³/mol. The maximum Gasteiger partial charge on any atom is 0.136 e. The van der Waals surface area contributed by atoms with Crippen LogP contribution in [0.15, 0.2) is 24.3 Å². The van der Waals surface area contributed by atoms with Gasteiger partial charge in [-0.15, -0.1) is 0 Å². The van der Waals surface area contributed by atoms with Crippen molar-refractivity contribution < 1.29 is 0 Å². The van der Waals surface area contributed by atoms with Crippen LogP contribution in [0.2, 0.25) is 0 Å². The molecule has 1 aromatic heterocycles. The fourth-order valence-electron chi connectivity index (χ4n) is 2.89. The Labute approximate surface area is 120 Å². The van der Waals surface area contributed by atoms with Crippen LogP contribution in [-0.2, 0) is 0 Å². The zero-order chi connectivity index (χ0) is 14.1. The zero-order valence-corrected chi connectivity index (χ0v) is 12.5. The molecule has 1 saturated heterocycles. The molecule has 20 heavy (non-hydrogen) atoms. The Morgan fingerprint density at radius 2 is 1.90 bits per heavy atom. The SMILES string of the molecule is Cc1cc2c(N3CCNCC3)cccc2c(N(C)C)n1. The van der Waals surface area contributed by atoms with Crippen LogP contribution < -0.4 is 15.1 Å². The molecule has 0 aliphatic carbocycles. The molecule has 106 valence electrons. The molecule has 1 fully saturated rings. The summed E-state index contributed by atoms with van der Waals surface area (Å²) in [6, 6.07) is 8.75. The Balaban J connectivity index is 2.18. The van der Waals surface area contributed by atoms with Crippen molar-refractivity contribution in [2.45, 2.75) is 6.92 Å². The Morgan fingerprint density at radius 1 is 1.15 bits per heavy atom. The minimum absolute atomic E-state index is 1.05. The Hall–Kier alpha value is -1.81. The molecule has 1 aromatic carbocycles. The molecule has 0 unspecified atom stereocenters. The Kier molecular flexibility index (Phi) is 3.49. The van der Waals surface area contributed by atoms with Crippen LogP contribution in [0.1, 0.15) is 5.69 Å². The molecule has 1 aliphatic heterocycles. The van der Waals surface area contributed by atoms with Crippen LogP contribution in [-0.4, -0.2) is 45.3 Å². The van der Waals surface area contributed by atoms with Gasteiger partial charge < -0.3 is 15.1 Å². The van der Waals surface area contributed by atoms with E-state index in [1.807, 2.05) is 0 Å². The number of nitrogens with one attached hydrogen (secondary N) is 1. The summed E-state index contributed by atoms with van der Waals surface area (Å²) in [6.07, 6.45) is 0. The summed E-state index contributed by atoms with van der Waals surface area (Å²) in [7, 11) is 4.11. The van der Waals surface area contributed by atoms with Crippen LogP contribution in [0.5, 0.6) is 0 Å². The highest BCUT2D eigenvalue weighted by Gasteiger charge is 2.15. The molecular formula is C16H22N4. The number of piperazine rings is 1. The molecular weight excluding hydrogens is 248 g/mol. The Bertz CT molecular complexity index is 615. The van der Waals surface area contributed by atoms with Crippen molar-refractivity contribution in [3.8, 4) is 0 Å². The zero-order valence-electron chi connectivity index (χ0n) is 12.5. The fraction of sp³-hybridized carbons (Fsp3) is 0.438. The van der Waals surface area contributed by atoms with Crippen LogP contribution >= 0.6 is 0 Å². The number of benzene rings is 1. The first-order valence-electron chi connectivity index (χ1n) is 7.20. The van der Waals surface area contributed by atoms with Gasteiger partial charge in [0.05, 0.1) is 0 Å². The molecule has 0 spiro atoms. The second-order valence-electron chi connectivity index (χ2n) is 5.59. The highest BCUT2D eigenvalue weighted by Crippen LogP contribution is 2.32. The van der Waals surface area contributed by atoms with E-state index in [-0.39, 0.29) is 0 Å². The van der Waals surface area contributed by atoms with E-state index in [9.17, 15) is 0 Å². The van der Waals surface area contributed by atoms with Gasteiger partial charge in [0, 0.05) is 62.4 Å². The molecule has 0 saturated carbocycles. The van der Waals surface area contributed by atoms with Gasteiger partial charge in [0.25, 0.3) is 0 Å². The van der Waals surface area contributed by atoms with Crippen molar-refractivity contribution in [1.82, 2.24) is 10.3 Å². The molecule has 0 bridgehead atoms. The van der Waals surface area contributed by atoms with Gasteiger partial charge in [0.2, 0.25) is 0 Å². The minimum Gasteiger partial charge on any atom is -0.368 e. The normalized spacial score (nSPS) is 15.7. The molecule has 4 nitrogen and oxygen atoms in total. The van der Waals surface area contributed by atoms with E-state index in [4.69, 9.17) is 0 Å². The van der Waals surface area contributed by atoms with Crippen molar-refractivity contribution in [3.63, 3.8) is 0 Å². The maximum absolute atomic E-state index is 4.68. The van der Waals surface area contributed by atoms with Crippen LogP contribution in [0.3, 0.4) is 0 Å². The lowest BCUT2D eigenvalue weighted by Gasteiger charge is -2.31. The highest BCUT2D eigenvalue weighted by molar-refractivity contribution is 6.00. The van der Waals surface area contributed by atoms with Crippen LogP contribution in [0, 0.1) is 6.92 Å². The first-order valence-corrected chi connectivity index (χ1v) is 7.20. The molecule has 0 amide bonds. The molecule has 2 aromatic rings. The summed E-state index contributed by atoms with van der Waals surface area (Å²) in [5.74, 6) is 1.05. The van der Waals surface area contributed by atoms with Gasteiger partial charge in [-0.2, -0.15) is 0 Å². The monoisotopic (exact) mass is 270 g/mol. The molecule has 2 heterocycles. The van der Waals surface area contributed by atoms with Gasteiger partial charge in [-0.1, -0.05) is 12.1 Å². The van der Waals surface area contributed by atoms with E-state index in [1.165, 1.54) is 16.5 Å². The number of anilines is 2. The van der Waals surface area contributed by atoms with Crippen molar-refractivity contribution >= 4 is 22.3 Å². The summed E-state index contributed by atoms with van der Waals surface area (Å²) < 4.78 is 0. The molecule has 1 aliphatic rings. The van der Waals surface area contributed by atoms with Gasteiger partial charge in [0.15, 0.2) is 0 Å². The number of hydrogen-bond acceptors (Lipinski definition) is 4. The number of hydrogen-bond donors (Lipinski definition) is 1. The van der Waals surface area contributed by atoms with Gasteiger partial charge in [-0.05, 0) is 19.1 Å². The summed E-state index contributed by atoms with van der Waals surface area (Å²) in [5.41, 5.74) is 2.40. The van der Waals surface area contributed by atoms with E-state index in [0.29, 0.717) is 0 Å². The number of fused-ring (bicyclic) bond motifs is 1.